The number of aromatic nitrogens is 2. The fraction of sp³-hybridized carbons (Fsp3) is 0.300. The van der Waals surface area contributed by atoms with E-state index in [1.54, 1.807) is 0 Å². The zero-order valence-corrected chi connectivity index (χ0v) is 12.8. The fourth-order valence-electron chi connectivity index (χ4n) is 1.94. The Kier molecular flexibility index (Phi) is 4.15. The summed E-state index contributed by atoms with van der Waals surface area (Å²) in [7, 11) is -3.88. The Balaban J connectivity index is 2.84. The minimum atomic E-state index is -4.72. The van der Waals surface area contributed by atoms with Gasteiger partial charge in [0.05, 0.1) is 21.6 Å². The van der Waals surface area contributed by atoms with E-state index in [0.29, 0.717) is 4.68 Å². The molecule has 0 aliphatic carbocycles. The first-order valence-electron chi connectivity index (χ1n) is 5.77. The number of nitro benzene ring substituents is 1. The molecule has 1 aromatic carbocycles. The van der Waals surface area contributed by atoms with Crippen LogP contribution in [0.4, 0.5) is 24.7 Å². The number of nitrogens with one attached hydrogen (secondary N) is 1. The van der Waals surface area contributed by atoms with Crippen LogP contribution in [0.5, 0.6) is 0 Å². The van der Waals surface area contributed by atoms with Crippen LogP contribution in [0.25, 0.3) is 10.9 Å². The number of hydrogen-bond acceptors (Lipinski definition) is 5. The van der Waals surface area contributed by atoms with Crippen LogP contribution in [0, 0.1) is 10.1 Å². The molecule has 2 rings (SSSR count). The van der Waals surface area contributed by atoms with E-state index < -0.39 is 44.7 Å². The summed E-state index contributed by atoms with van der Waals surface area (Å²) in [5, 5.41) is 14.1. The van der Waals surface area contributed by atoms with Crippen LogP contribution in [0.1, 0.15) is 0 Å². The number of hydrogen-bond donors (Lipinski definition) is 1. The van der Waals surface area contributed by atoms with Crippen molar-refractivity contribution >= 4 is 44.0 Å². The number of nitro groups is 1. The molecule has 0 unspecified atom stereocenters. The Morgan fingerprint density at radius 2 is 2.04 bits per heavy atom. The molecule has 0 radical (unpaired) electrons. The largest absolute Gasteiger partial charge is 0.408 e. The summed E-state index contributed by atoms with van der Waals surface area (Å²) in [6, 6.07) is 2.00. The highest BCUT2D eigenvalue weighted by atomic mass is 35.5. The van der Waals surface area contributed by atoms with Gasteiger partial charge in [-0.25, -0.2) is 13.1 Å². The lowest BCUT2D eigenvalue weighted by atomic mass is 10.2. The van der Waals surface area contributed by atoms with Crippen LogP contribution < -0.4 is 4.72 Å². The second-order valence-corrected chi connectivity index (χ2v) is 6.70. The van der Waals surface area contributed by atoms with E-state index >= 15 is 0 Å². The van der Waals surface area contributed by atoms with E-state index in [1.165, 1.54) is 0 Å². The van der Waals surface area contributed by atoms with Gasteiger partial charge in [-0.2, -0.15) is 18.3 Å². The van der Waals surface area contributed by atoms with E-state index in [1.807, 2.05) is 4.72 Å². The quantitative estimate of drug-likeness (QED) is 0.655. The van der Waals surface area contributed by atoms with Gasteiger partial charge < -0.3 is 0 Å². The maximum atomic E-state index is 12.6. The number of benzene rings is 1. The third-order valence-corrected chi connectivity index (χ3v) is 3.51. The number of alkyl halides is 3. The maximum absolute atomic E-state index is 12.6. The topological polar surface area (TPSA) is 107 Å². The first-order chi connectivity index (χ1) is 10.4. The van der Waals surface area contributed by atoms with Crippen molar-refractivity contribution in [3.63, 3.8) is 0 Å². The molecule has 8 nitrogen and oxygen atoms in total. The van der Waals surface area contributed by atoms with E-state index in [-0.39, 0.29) is 10.4 Å². The van der Waals surface area contributed by atoms with Crippen molar-refractivity contribution in [1.82, 2.24) is 9.78 Å². The minimum absolute atomic E-state index is 0.176. The van der Waals surface area contributed by atoms with E-state index in [9.17, 15) is 31.7 Å². The number of non-ortho nitro benzene ring substituents is 1. The first kappa shape index (κ1) is 17.3. The molecular weight excluding hydrogens is 365 g/mol. The number of halogens is 4. The molecule has 1 aromatic heterocycles. The van der Waals surface area contributed by atoms with Gasteiger partial charge in [0.2, 0.25) is 10.0 Å². The summed E-state index contributed by atoms with van der Waals surface area (Å²) in [5.74, 6) is -0.513. The standard InChI is InChI=1S/C10H8ClF3N4O4S/c1-23(21,22)16-9-7-5(11)2-3-6(18(19)20)8(7)17(15-9)4-10(12,13)14/h2-3H,4H2,1H3,(H,15,16). The summed E-state index contributed by atoms with van der Waals surface area (Å²) in [4.78, 5) is 10.1. The van der Waals surface area contributed by atoms with Gasteiger partial charge in [0, 0.05) is 6.07 Å². The van der Waals surface area contributed by atoms with Crippen molar-refractivity contribution in [3.05, 3.63) is 27.3 Å². The third-order valence-electron chi connectivity index (χ3n) is 2.63. The Labute approximate surface area is 132 Å². The number of nitrogens with zero attached hydrogens (tertiary/aromatic N) is 3. The average Bonchev–Trinajstić information content (AvgIpc) is 2.64. The summed E-state index contributed by atoms with van der Waals surface area (Å²) in [6.45, 7) is -1.64. The summed E-state index contributed by atoms with van der Waals surface area (Å²) in [6.07, 6.45) is -3.97. The molecule has 1 N–H and O–H groups in total. The lowest BCUT2D eigenvalue weighted by molar-refractivity contribution is -0.383. The lowest BCUT2D eigenvalue weighted by Gasteiger charge is -2.07. The molecule has 23 heavy (non-hydrogen) atoms. The SMILES string of the molecule is CS(=O)(=O)Nc1nn(CC(F)(F)F)c2c([N+](=O)[O-])ccc(Cl)c12. The Morgan fingerprint density at radius 1 is 1.43 bits per heavy atom. The van der Waals surface area contributed by atoms with Crippen LogP contribution in [0.3, 0.4) is 0 Å². The number of sulfonamides is 1. The highest BCUT2D eigenvalue weighted by Gasteiger charge is 2.33. The molecule has 0 bridgehead atoms. The fourth-order valence-corrected chi connectivity index (χ4v) is 2.68. The molecule has 0 spiro atoms. The second-order valence-electron chi connectivity index (χ2n) is 4.54. The van der Waals surface area contributed by atoms with Crippen LogP contribution in [-0.2, 0) is 16.6 Å². The van der Waals surface area contributed by atoms with Crippen molar-refractivity contribution < 1.29 is 26.5 Å². The highest BCUT2D eigenvalue weighted by Crippen LogP contribution is 2.37. The van der Waals surface area contributed by atoms with Crippen LogP contribution in [-0.4, -0.2) is 35.6 Å². The van der Waals surface area contributed by atoms with E-state index in [2.05, 4.69) is 5.10 Å². The third kappa shape index (κ3) is 3.82. The van der Waals surface area contributed by atoms with Gasteiger partial charge in [-0.05, 0) is 6.07 Å². The van der Waals surface area contributed by atoms with Crippen molar-refractivity contribution in [2.45, 2.75) is 12.7 Å². The van der Waals surface area contributed by atoms with Crippen molar-refractivity contribution in [1.29, 1.82) is 0 Å². The van der Waals surface area contributed by atoms with Crippen LogP contribution in [0.2, 0.25) is 5.02 Å². The zero-order valence-electron chi connectivity index (χ0n) is 11.3. The summed E-state index contributed by atoms with van der Waals surface area (Å²) in [5.41, 5.74) is -1.20. The molecule has 2 aromatic rings. The molecule has 0 amide bonds. The molecule has 126 valence electrons. The number of fused-ring (bicyclic) bond motifs is 1. The van der Waals surface area contributed by atoms with Crippen molar-refractivity contribution in [3.8, 4) is 0 Å². The molecule has 13 heteroatoms. The molecule has 1 heterocycles. The highest BCUT2D eigenvalue weighted by molar-refractivity contribution is 7.92. The maximum Gasteiger partial charge on any atom is 0.408 e. The molecule has 0 atom stereocenters. The van der Waals surface area contributed by atoms with Crippen molar-refractivity contribution in [2.24, 2.45) is 0 Å². The number of rotatable bonds is 4. The Bertz CT molecular complexity index is 894. The molecule has 0 aliphatic rings. The van der Waals surface area contributed by atoms with Gasteiger partial charge in [0.1, 0.15) is 12.1 Å². The average molecular weight is 373 g/mol. The normalized spacial score (nSPS) is 12.6. The molecule has 0 aliphatic heterocycles. The monoisotopic (exact) mass is 372 g/mol. The van der Waals surface area contributed by atoms with Gasteiger partial charge in [0.25, 0.3) is 5.69 Å². The van der Waals surface area contributed by atoms with Crippen LogP contribution >= 0.6 is 11.6 Å². The van der Waals surface area contributed by atoms with Gasteiger partial charge in [0.15, 0.2) is 5.82 Å². The smallest absolute Gasteiger partial charge is 0.266 e. The minimum Gasteiger partial charge on any atom is -0.266 e. The van der Waals surface area contributed by atoms with Gasteiger partial charge in [-0.15, -0.1) is 0 Å². The zero-order chi connectivity index (χ0) is 17.6. The number of anilines is 1. The summed E-state index contributed by atoms with van der Waals surface area (Å²) >= 11 is 5.86. The van der Waals surface area contributed by atoms with E-state index in [4.69, 9.17) is 11.6 Å². The molecular formula is C10H8ClF3N4O4S. The Morgan fingerprint density at radius 3 is 2.52 bits per heavy atom. The van der Waals surface area contributed by atoms with Crippen LogP contribution in [0.15, 0.2) is 12.1 Å². The van der Waals surface area contributed by atoms with Crippen molar-refractivity contribution in [2.75, 3.05) is 11.0 Å². The van der Waals surface area contributed by atoms with Gasteiger partial charge in [-0.3, -0.25) is 14.8 Å². The lowest BCUT2D eigenvalue weighted by Crippen LogP contribution is -2.19. The first-order valence-corrected chi connectivity index (χ1v) is 8.04. The van der Waals surface area contributed by atoms with E-state index in [0.717, 1.165) is 18.4 Å². The predicted octanol–water partition coefficient (Wildman–Crippen LogP) is 2.53. The predicted molar refractivity (Wildman–Crippen MR) is 75.9 cm³/mol. The van der Waals surface area contributed by atoms with Gasteiger partial charge in [-0.1, -0.05) is 11.6 Å². The van der Waals surface area contributed by atoms with Gasteiger partial charge >= 0.3 is 6.18 Å². The second kappa shape index (κ2) is 5.53. The summed E-state index contributed by atoms with van der Waals surface area (Å²) < 4.78 is 62.8. The molecule has 0 fully saturated rings. The molecule has 0 saturated carbocycles. The Hall–Kier alpha value is -2.08. The molecule has 0 saturated heterocycles.